The molecule has 0 unspecified atom stereocenters. The Kier molecular flexibility index (Phi) is 6.55. The first-order valence-corrected chi connectivity index (χ1v) is 11.2. The van der Waals surface area contributed by atoms with Crippen LogP contribution in [0.5, 0.6) is 0 Å². The maximum absolute atomic E-state index is 13.0. The molecule has 0 aliphatic heterocycles. The molecule has 0 radical (unpaired) electrons. The number of carbonyl (C=O) groups excluding carboxylic acids is 1. The molecule has 2 aromatic carbocycles. The van der Waals surface area contributed by atoms with E-state index in [0.29, 0.717) is 5.69 Å². The molecule has 0 saturated carbocycles. The van der Waals surface area contributed by atoms with Gasteiger partial charge in [-0.05, 0) is 69.9 Å². The molecule has 0 aliphatic carbocycles. The summed E-state index contributed by atoms with van der Waals surface area (Å²) in [5.41, 5.74) is 5.50. The Morgan fingerprint density at radius 1 is 0.929 bits per heavy atom. The van der Waals surface area contributed by atoms with Crippen molar-refractivity contribution in [2.24, 2.45) is 0 Å². The van der Waals surface area contributed by atoms with E-state index in [-0.39, 0.29) is 11.9 Å². The van der Waals surface area contributed by atoms with Gasteiger partial charge in [0.25, 0.3) is 0 Å². The maximum atomic E-state index is 13.0. The summed E-state index contributed by atoms with van der Waals surface area (Å²) in [6.45, 7) is 11.3. The first-order valence-electron chi connectivity index (χ1n) is 9.36. The largest absolute Gasteiger partial charge is 0.348 e. The number of nitrogens with zero attached hydrogens (tertiary/aromatic N) is 1. The number of hydrogen-bond donors (Lipinski definition) is 1. The highest BCUT2D eigenvalue weighted by atomic mass is 32.2. The summed E-state index contributed by atoms with van der Waals surface area (Å²) in [6.07, 6.45) is 1.13. The topological polar surface area (TPSA) is 66.5 Å². The molecule has 152 valence electrons. The van der Waals surface area contributed by atoms with Gasteiger partial charge in [-0.15, -0.1) is 0 Å². The SMILES string of the molecule is Cc1ccc(C)c([C@H](C)NC(=O)[C@@H](C)N(c2cc(C)ccc2C)S(C)(=O)=O)c1. The van der Waals surface area contributed by atoms with Crippen molar-refractivity contribution >= 4 is 21.6 Å². The van der Waals surface area contributed by atoms with Crippen LogP contribution < -0.4 is 9.62 Å². The summed E-state index contributed by atoms with van der Waals surface area (Å²) in [6, 6.07) is 10.6. The van der Waals surface area contributed by atoms with Crippen LogP contribution in [0.2, 0.25) is 0 Å². The molecule has 0 aromatic heterocycles. The van der Waals surface area contributed by atoms with Crippen LogP contribution >= 0.6 is 0 Å². The minimum absolute atomic E-state index is 0.227. The highest BCUT2D eigenvalue weighted by Crippen LogP contribution is 2.27. The van der Waals surface area contributed by atoms with Gasteiger partial charge in [0, 0.05) is 0 Å². The summed E-state index contributed by atoms with van der Waals surface area (Å²) in [5.74, 6) is -0.334. The van der Waals surface area contributed by atoms with Gasteiger partial charge in [-0.3, -0.25) is 9.10 Å². The Bertz CT molecular complexity index is 983. The number of carbonyl (C=O) groups is 1. The van der Waals surface area contributed by atoms with E-state index in [1.807, 2.05) is 65.0 Å². The van der Waals surface area contributed by atoms with E-state index in [0.717, 1.165) is 34.1 Å². The number of rotatable bonds is 6. The molecule has 0 bridgehead atoms. The van der Waals surface area contributed by atoms with Crippen LogP contribution in [0.3, 0.4) is 0 Å². The van der Waals surface area contributed by atoms with Crippen LogP contribution in [0.15, 0.2) is 36.4 Å². The molecule has 0 aliphatic rings. The van der Waals surface area contributed by atoms with E-state index in [1.54, 1.807) is 13.0 Å². The van der Waals surface area contributed by atoms with E-state index in [1.165, 1.54) is 4.31 Å². The summed E-state index contributed by atoms with van der Waals surface area (Å²) in [7, 11) is -3.64. The van der Waals surface area contributed by atoms with Crippen molar-refractivity contribution in [1.82, 2.24) is 5.32 Å². The van der Waals surface area contributed by atoms with Crippen LogP contribution in [0.25, 0.3) is 0 Å². The summed E-state index contributed by atoms with van der Waals surface area (Å²) in [5, 5.41) is 2.98. The Morgan fingerprint density at radius 2 is 1.46 bits per heavy atom. The van der Waals surface area contributed by atoms with Crippen molar-refractivity contribution in [3.8, 4) is 0 Å². The maximum Gasteiger partial charge on any atom is 0.244 e. The first-order chi connectivity index (χ1) is 12.9. The Morgan fingerprint density at radius 3 is 2.04 bits per heavy atom. The number of nitrogens with one attached hydrogen (secondary N) is 1. The first kappa shape index (κ1) is 22.0. The fourth-order valence-corrected chi connectivity index (χ4v) is 4.60. The van der Waals surface area contributed by atoms with E-state index < -0.39 is 16.1 Å². The van der Waals surface area contributed by atoms with Crippen molar-refractivity contribution in [3.05, 3.63) is 64.2 Å². The molecule has 6 heteroatoms. The number of hydrogen-bond acceptors (Lipinski definition) is 3. The van der Waals surface area contributed by atoms with Crippen LogP contribution in [-0.2, 0) is 14.8 Å². The fraction of sp³-hybridized carbons (Fsp3) is 0.409. The van der Waals surface area contributed by atoms with Crippen molar-refractivity contribution in [2.45, 2.75) is 53.6 Å². The number of benzene rings is 2. The van der Waals surface area contributed by atoms with Crippen molar-refractivity contribution in [1.29, 1.82) is 0 Å². The molecular formula is C22H30N2O3S. The predicted octanol–water partition coefficient (Wildman–Crippen LogP) is 3.95. The molecule has 5 nitrogen and oxygen atoms in total. The summed E-state index contributed by atoms with van der Waals surface area (Å²) in [4.78, 5) is 13.0. The van der Waals surface area contributed by atoms with Crippen LogP contribution in [-0.4, -0.2) is 26.6 Å². The number of aryl methyl sites for hydroxylation is 4. The summed E-state index contributed by atoms with van der Waals surface area (Å²) >= 11 is 0. The van der Waals surface area contributed by atoms with Crippen LogP contribution in [0, 0.1) is 27.7 Å². The molecule has 1 N–H and O–H groups in total. The highest BCUT2D eigenvalue weighted by Gasteiger charge is 2.31. The monoisotopic (exact) mass is 402 g/mol. The molecule has 0 heterocycles. The quantitative estimate of drug-likeness (QED) is 0.795. The molecule has 1 amide bonds. The van der Waals surface area contributed by atoms with Gasteiger partial charge in [0.2, 0.25) is 15.9 Å². The van der Waals surface area contributed by atoms with Gasteiger partial charge in [0.05, 0.1) is 18.0 Å². The molecule has 0 saturated heterocycles. The van der Waals surface area contributed by atoms with E-state index in [4.69, 9.17) is 0 Å². The zero-order valence-corrected chi connectivity index (χ0v) is 18.5. The van der Waals surface area contributed by atoms with Crippen molar-refractivity contribution in [2.75, 3.05) is 10.6 Å². The minimum atomic E-state index is -3.64. The highest BCUT2D eigenvalue weighted by molar-refractivity contribution is 7.92. The standard InChI is InChI=1S/C22H30N2O3S/c1-14-8-10-16(3)20(12-14)18(5)23-22(25)19(6)24(28(7,26)27)21-13-15(2)9-11-17(21)4/h8-13,18-19H,1-7H3,(H,23,25)/t18-,19+/m0/s1. The van der Waals surface area contributed by atoms with Gasteiger partial charge in [0.15, 0.2) is 0 Å². The van der Waals surface area contributed by atoms with Crippen LogP contribution in [0.4, 0.5) is 5.69 Å². The number of anilines is 1. The Hall–Kier alpha value is -2.34. The van der Waals surface area contributed by atoms with Gasteiger partial charge in [0.1, 0.15) is 6.04 Å². The Balaban J connectivity index is 2.34. The van der Waals surface area contributed by atoms with Gasteiger partial charge in [-0.2, -0.15) is 0 Å². The molecule has 2 atom stereocenters. The molecule has 2 rings (SSSR count). The van der Waals surface area contributed by atoms with Crippen molar-refractivity contribution in [3.63, 3.8) is 0 Å². The molecular weight excluding hydrogens is 372 g/mol. The lowest BCUT2D eigenvalue weighted by atomic mass is 10.00. The lowest BCUT2D eigenvalue weighted by molar-refractivity contribution is -0.122. The average molecular weight is 403 g/mol. The second-order valence-electron chi connectivity index (χ2n) is 7.62. The third-order valence-corrected chi connectivity index (χ3v) is 6.18. The third kappa shape index (κ3) is 4.93. The summed E-state index contributed by atoms with van der Waals surface area (Å²) < 4.78 is 26.3. The van der Waals surface area contributed by atoms with E-state index >= 15 is 0 Å². The second-order valence-corrected chi connectivity index (χ2v) is 9.47. The van der Waals surface area contributed by atoms with Gasteiger partial charge in [-0.25, -0.2) is 8.42 Å². The van der Waals surface area contributed by atoms with Crippen molar-refractivity contribution < 1.29 is 13.2 Å². The normalized spacial score (nSPS) is 13.7. The minimum Gasteiger partial charge on any atom is -0.348 e. The van der Waals surface area contributed by atoms with Gasteiger partial charge in [-0.1, -0.05) is 35.9 Å². The second kappa shape index (κ2) is 8.35. The smallest absolute Gasteiger partial charge is 0.244 e. The molecule has 0 fully saturated rings. The van der Waals surface area contributed by atoms with Gasteiger partial charge < -0.3 is 5.32 Å². The van der Waals surface area contributed by atoms with E-state index in [9.17, 15) is 13.2 Å². The Labute approximate surface area is 168 Å². The van der Waals surface area contributed by atoms with Crippen LogP contribution in [0.1, 0.15) is 47.7 Å². The lowest BCUT2D eigenvalue weighted by Gasteiger charge is -2.31. The number of sulfonamides is 1. The van der Waals surface area contributed by atoms with E-state index in [2.05, 4.69) is 5.32 Å². The molecule has 0 spiro atoms. The zero-order valence-electron chi connectivity index (χ0n) is 17.7. The molecule has 2 aromatic rings. The fourth-order valence-electron chi connectivity index (χ4n) is 3.38. The lowest BCUT2D eigenvalue weighted by Crippen LogP contribution is -2.48. The molecule has 28 heavy (non-hydrogen) atoms. The predicted molar refractivity (Wildman–Crippen MR) is 115 cm³/mol. The number of amides is 1. The van der Waals surface area contributed by atoms with Gasteiger partial charge >= 0.3 is 0 Å². The average Bonchev–Trinajstić information content (AvgIpc) is 2.58. The zero-order chi connectivity index (χ0) is 21.2. The third-order valence-electron chi connectivity index (χ3n) is 4.95.